The lowest BCUT2D eigenvalue weighted by Crippen LogP contribution is -2.42. The van der Waals surface area contributed by atoms with Crippen LogP contribution in [-0.4, -0.2) is 17.6 Å². The fourth-order valence-electron chi connectivity index (χ4n) is 3.18. The van der Waals surface area contributed by atoms with Crippen LogP contribution in [0.1, 0.15) is 17.5 Å². The summed E-state index contributed by atoms with van der Waals surface area (Å²) < 4.78 is 0. The molecular weight excluding hydrogens is 274 g/mol. The molecule has 3 rings (SSSR count). The SMILES string of the molecule is C=CCC1(CO)C(=O)N(Cc2ccccc2)c2ccccc21. The number of para-hydroxylation sites is 1. The number of benzene rings is 2. The number of amides is 1. The second-order valence-corrected chi connectivity index (χ2v) is 5.63. The third-order valence-corrected chi connectivity index (χ3v) is 4.31. The van der Waals surface area contributed by atoms with Crippen molar-refractivity contribution in [3.63, 3.8) is 0 Å². The molecule has 0 radical (unpaired) electrons. The molecule has 1 aliphatic rings. The number of aliphatic hydroxyl groups is 1. The maximum absolute atomic E-state index is 13.0. The highest BCUT2D eigenvalue weighted by molar-refractivity contribution is 6.08. The minimum Gasteiger partial charge on any atom is -0.395 e. The van der Waals surface area contributed by atoms with Gasteiger partial charge in [0, 0.05) is 5.69 Å². The van der Waals surface area contributed by atoms with E-state index in [-0.39, 0.29) is 12.5 Å². The van der Waals surface area contributed by atoms with Gasteiger partial charge in [0.25, 0.3) is 0 Å². The van der Waals surface area contributed by atoms with Gasteiger partial charge in [0.1, 0.15) is 5.41 Å². The maximum atomic E-state index is 13.0. The first-order valence-electron chi connectivity index (χ1n) is 7.40. The summed E-state index contributed by atoms with van der Waals surface area (Å²) in [6.07, 6.45) is 2.14. The van der Waals surface area contributed by atoms with Crippen molar-refractivity contribution in [2.45, 2.75) is 18.4 Å². The first-order valence-corrected chi connectivity index (χ1v) is 7.40. The summed E-state index contributed by atoms with van der Waals surface area (Å²) in [6, 6.07) is 17.6. The van der Waals surface area contributed by atoms with Gasteiger partial charge in [0.15, 0.2) is 0 Å². The van der Waals surface area contributed by atoms with Crippen LogP contribution in [0.25, 0.3) is 0 Å². The predicted molar refractivity (Wildman–Crippen MR) is 87.7 cm³/mol. The molecule has 112 valence electrons. The number of allylic oxidation sites excluding steroid dienone is 1. The molecule has 0 spiro atoms. The van der Waals surface area contributed by atoms with Crippen molar-refractivity contribution in [1.29, 1.82) is 0 Å². The van der Waals surface area contributed by atoms with E-state index in [1.54, 1.807) is 11.0 Å². The highest BCUT2D eigenvalue weighted by Crippen LogP contribution is 2.44. The highest BCUT2D eigenvalue weighted by Gasteiger charge is 2.49. The van der Waals surface area contributed by atoms with Gasteiger partial charge in [-0.3, -0.25) is 4.79 Å². The molecule has 0 bridgehead atoms. The Morgan fingerprint density at radius 3 is 2.45 bits per heavy atom. The normalized spacial score (nSPS) is 20.0. The Balaban J connectivity index is 2.06. The zero-order valence-corrected chi connectivity index (χ0v) is 12.4. The molecule has 2 aromatic carbocycles. The number of hydrogen-bond donors (Lipinski definition) is 1. The van der Waals surface area contributed by atoms with Crippen LogP contribution in [0.3, 0.4) is 0 Å². The van der Waals surface area contributed by atoms with Crippen LogP contribution in [0.4, 0.5) is 5.69 Å². The summed E-state index contributed by atoms with van der Waals surface area (Å²) in [7, 11) is 0. The molecule has 1 heterocycles. The van der Waals surface area contributed by atoms with Gasteiger partial charge < -0.3 is 10.0 Å². The quantitative estimate of drug-likeness (QED) is 0.861. The standard InChI is InChI=1S/C19H19NO2/c1-2-12-19(14-21)16-10-6-7-11-17(16)20(18(19)22)13-15-8-4-3-5-9-15/h2-11,21H,1,12-14H2. The average molecular weight is 293 g/mol. The third kappa shape index (κ3) is 2.14. The van der Waals surface area contributed by atoms with Gasteiger partial charge in [-0.1, -0.05) is 54.6 Å². The topological polar surface area (TPSA) is 40.5 Å². The number of aliphatic hydroxyl groups excluding tert-OH is 1. The zero-order chi connectivity index (χ0) is 15.6. The van der Waals surface area contributed by atoms with Crippen molar-refractivity contribution >= 4 is 11.6 Å². The number of hydrogen-bond acceptors (Lipinski definition) is 2. The van der Waals surface area contributed by atoms with E-state index in [2.05, 4.69) is 6.58 Å². The Kier molecular flexibility index (Phi) is 3.82. The van der Waals surface area contributed by atoms with Gasteiger partial charge >= 0.3 is 0 Å². The van der Waals surface area contributed by atoms with Gasteiger partial charge in [-0.15, -0.1) is 6.58 Å². The van der Waals surface area contributed by atoms with Gasteiger partial charge in [-0.05, 0) is 23.6 Å². The second-order valence-electron chi connectivity index (χ2n) is 5.63. The van der Waals surface area contributed by atoms with Crippen LogP contribution >= 0.6 is 0 Å². The Morgan fingerprint density at radius 1 is 1.09 bits per heavy atom. The summed E-state index contributed by atoms with van der Waals surface area (Å²) in [5.74, 6) is -0.0556. The molecule has 2 aromatic rings. The van der Waals surface area contributed by atoms with E-state index in [1.165, 1.54) is 0 Å². The summed E-state index contributed by atoms with van der Waals surface area (Å²) in [5, 5.41) is 9.95. The molecule has 1 N–H and O–H groups in total. The number of carbonyl (C=O) groups excluding carboxylic acids is 1. The number of fused-ring (bicyclic) bond motifs is 1. The predicted octanol–water partition coefficient (Wildman–Crippen LogP) is 3.04. The fraction of sp³-hybridized carbons (Fsp3) is 0.211. The Labute approximate surface area is 130 Å². The van der Waals surface area contributed by atoms with Crippen molar-refractivity contribution in [3.8, 4) is 0 Å². The maximum Gasteiger partial charge on any atom is 0.240 e. The van der Waals surface area contributed by atoms with Crippen molar-refractivity contribution in [2.75, 3.05) is 11.5 Å². The molecular formula is C19H19NO2. The lowest BCUT2D eigenvalue weighted by molar-refractivity contribution is -0.124. The van der Waals surface area contributed by atoms with E-state index in [9.17, 15) is 9.90 Å². The fourth-order valence-corrected chi connectivity index (χ4v) is 3.18. The van der Waals surface area contributed by atoms with Crippen molar-refractivity contribution in [1.82, 2.24) is 0 Å². The van der Waals surface area contributed by atoms with Gasteiger partial charge in [0.2, 0.25) is 5.91 Å². The molecule has 1 unspecified atom stereocenters. The first-order chi connectivity index (χ1) is 10.7. The summed E-state index contributed by atoms with van der Waals surface area (Å²) in [6.45, 7) is 4.05. The van der Waals surface area contributed by atoms with Crippen molar-refractivity contribution in [2.24, 2.45) is 0 Å². The molecule has 0 aromatic heterocycles. The molecule has 1 amide bonds. The number of carbonyl (C=O) groups is 1. The van der Waals surface area contributed by atoms with Gasteiger partial charge in [-0.2, -0.15) is 0 Å². The number of nitrogens with zero attached hydrogens (tertiary/aromatic N) is 1. The molecule has 0 fully saturated rings. The van der Waals surface area contributed by atoms with E-state index in [1.807, 2.05) is 54.6 Å². The van der Waals surface area contributed by atoms with E-state index in [4.69, 9.17) is 0 Å². The Bertz CT molecular complexity index is 696. The smallest absolute Gasteiger partial charge is 0.240 e. The molecule has 0 aliphatic carbocycles. The summed E-state index contributed by atoms with van der Waals surface area (Å²) in [4.78, 5) is 14.8. The molecule has 3 heteroatoms. The van der Waals surface area contributed by atoms with Crippen LogP contribution in [0.15, 0.2) is 67.3 Å². The Hall–Kier alpha value is -2.39. The zero-order valence-electron chi connectivity index (χ0n) is 12.4. The van der Waals surface area contributed by atoms with E-state index >= 15 is 0 Å². The van der Waals surface area contributed by atoms with Crippen LogP contribution in [0.5, 0.6) is 0 Å². The molecule has 1 atom stereocenters. The van der Waals surface area contributed by atoms with Crippen LogP contribution < -0.4 is 4.90 Å². The van der Waals surface area contributed by atoms with Crippen LogP contribution in [0, 0.1) is 0 Å². The number of rotatable bonds is 5. The minimum atomic E-state index is -0.896. The van der Waals surface area contributed by atoms with Gasteiger partial charge in [0.05, 0.1) is 13.2 Å². The molecule has 0 saturated carbocycles. The summed E-state index contributed by atoms with van der Waals surface area (Å²) in [5.41, 5.74) is 1.94. The van der Waals surface area contributed by atoms with Crippen molar-refractivity contribution < 1.29 is 9.90 Å². The molecule has 3 nitrogen and oxygen atoms in total. The van der Waals surface area contributed by atoms with E-state index in [0.29, 0.717) is 13.0 Å². The molecule has 22 heavy (non-hydrogen) atoms. The first kappa shape index (κ1) is 14.5. The van der Waals surface area contributed by atoms with Crippen LogP contribution in [0.2, 0.25) is 0 Å². The van der Waals surface area contributed by atoms with Gasteiger partial charge in [-0.25, -0.2) is 0 Å². The van der Waals surface area contributed by atoms with Crippen molar-refractivity contribution in [3.05, 3.63) is 78.4 Å². The Morgan fingerprint density at radius 2 is 1.77 bits per heavy atom. The van der Waals surface area contributed by atoms with Crippen LogP contribution in [-0.2, 0) is 16.8 Å². The lowest BCUT2D eigenvalue weighted by atomic mass is 9.79. The molecule has 1 aliphatic heterocycles. The second kappa shape index (κ2) is 5.78. The minimum absolute atomic E-state index is 0.0556. The third-order valence-electron chi connectivity index (χ3n) is 4.31. The lowest BCUT2D eigenvalue weighted by Gasteiger charge is -2.25. The highest BCUT2D eigenvalue weighted by atomic mass is 16.3. The van der Waals surface area contributed by atoms with E-state index < -0.39 is 5.41 Å². The molecule has 0 saturated heterocycles. The number of anilines is 1. The van der Waals surface area contributed by atoms with E-state index in [0.717, 1.165) is 16.8 Å². The largest absolute Gasteiger partial charge is 0.395 e. The average Bonchev–Trinajstić information content (AvgIpc) is 2.79. The summed E-state index contributed by atoms with van der Waals surface area (Å²) >= 11 is 0. The monoisotopic (exact) mass is 293 g/mol.